The number of esters is 1. The van der Waals surface area contributed by atoms with Crippen molar-refractivity contribution in [3.05, 3.63) is 35.4 Å². The number of ether oxygens (including phenoxy) is 1. The summed E-state index contributed by atoms with van der Waals surface area (Å²) >= 11 is 0. The number of nitrogens with one attached hydrogen (secondary N) is 1. The van der Waals surface area contributed by atoms with E-state index in [4.69, 9.17) is 4.74 Å². The second-order valence-electron chi connectivity index (χ2n) is 4.61. The Kier molecular flexibility index (Phi) is 3.79. The lowest BCUT2D eigenvalue weighted by Crippen LogP contribution is -2.34. The minimum Gasteiger partial charge on any atom is -0.469 e. The van der Waals surface area contributed by atoms with E-state index in [0.29, 0.717) is 0 Å². The molecular weight excluding hydrogens is 214 g/mol. The maximum absolute atomic E-state index is 11.9. The molecule has 1 aromatic rings. The van der Waals surface area contributed by atoms with Gasteiger partial charge in [0.15, 0.2) is 0 Å². The van der Waals surface area contributed by atoms with Gasteiger partial charge in [0.25, 0.3) is 0 Å². The van der Waals surface area contributed by atoms with Gasteiger partial charge in [-0.25, -0.2) is 0 Å². The highest BCUT2D eigenvalue weighted by Crippen LogP contribution is 2.26. The maximum atomic E-state index is 11.9. The standard InChI is InChI=1S/C14H19NO2/c1-10-5-7-11(8-6-10)13(14(16)17-2)12-4-3-9-15-12/h5-8,12-13,15H,3-4,9H2,1-2H3/t12-,13+/m1/s1. The molecule has 3 heteroatoms. The summed E-state index contributed by atoms with van der Waals surface area (Å²) in [6, 6.07) is 8.35. The number of rotatable bonds is 3. The van der Waals surface area contributed by atoms with E-state index >= 15 is 0 Å². The predicted molar refractivity (Wildman–Crippen MR) is 67.0 cm³/mol. The third kappa shape index (κ3) is 2.67. The lowest BCUT2D eigenvalue weighted by molar-refractivity contribution is -0.143. The van der Waals surface area contributed by atoms with Gasteiger partial charge in [0.1, 0.15) is 0 Å². The van der Waals surface area contributed by atoms with Crippen molar-refractivity contribution in [2.45, 2.75) is 31.7 Å². The molecule has 1 aromatic carbocycles. The molecule has 0 aliphatic carbocycles. The van der Waals surface area contributed by atoms with Crippen LogP contribution in [0.3, 0.4) is 0 Å². The van der Waals surface area contributed by atoms with Crippen LogP contribution in [0.2, 0.25) is 0 Å². The highest BCUT2D eigenvalue weighted by Gasteiger charge is 2.32. The highest BCUT2D eigenvalue weighted by molar-refractivity contribution is 5.79. The van der Waals surface area contributed by atoms with Crippen LogP contribution >= 0.6 is 0 Å². The number of methoxy groups -OCH3 is 1. The molecule has 0 unspecified atom stereocenters. The first-order valence-electron chi connectivity index (χ1n) is 6.10. The second-order valence-corrected chi connectivity index (χ2v) is 4.61. The molecule has 2 atom stereocenters. The first kappa shape index (κ1) is 12.1. The van der Waals surface area contributed by atoms with Crippen molar-refractivity contribution < 1.29 is 9.53 Å². The van der Waals surface area contributed by atoms with Gasteiger partial charge >= 0.3 is 5.97 Å². The van der Waals surface area contributed by atoms with Crippen LogP contribution in [-0.4, -0.2) is 25.7 Å². The largest absolute Gasteiger partial charge is 0.469 e. The number of carbonyl (C=O) groups excluding carboxylic acids is 1. The molecular formula is C14H19NO2. The molecule has 1 N–H and O–H groups in total. The van der Waals surface area contributed by atoms with Gasteiger partial charge in [0.2, 0.25) is 0 Å². The van der Waals surface area contributed by atoms with Crippen LogP contribution in [0.5, 0.6) is 0 Å². The SMILES string of the molecule is COC(=O)[C@@H](c1ccc(C)cc1)[C@H]1CCCN1. The first-order chi connectivity index (χ1) is 8.22. The molecule has 0 saturated carbocycles. The van der Waals surface area contributed by atoms with Crippen molar-refractivity contribution in [2.75, 3.05) is 13.7 Å². The smallest absolute Gasteiger partial charge is 0.314 e. The van der Waals surface area contributed by atoms with Crippen LogP contribution in [-0.2, 0) is 9.53 Å². The van der Waals surface area contributed by atoms with Crippen molar-refractivity contribution in [1.82, 2.24) is 5.32 Å². The summed E-state index contributed by atoms with van der Waals surface area (Å²) < 4.78 is 4.93. The lowest BCUT2D eigenvalue weighted by Gasteiger charge is -2.21. The van der Waals surface area contributed by atoms with Gasteiger partial charge in [-0.3, -0.25) is 4.79 Å². The number of hydrogen-bond donors (Lipinski definition) is 1. The zero-order chi connectivity index (χ0) is 12.3. The molecule has 1 fully saturated rings. The third-order valence-electron chi connectivity index (χ3n) is 3.39. The summed E-state index contributed by atoms with van der Waals surface area (Å²) in [4.78, 5) is 11.9. The minimum atomic E-state index is -0.178. The van der Waals surface area contributed by atoms with Gasteiger partial charge in [0, 0.05) is 6.04 Å². The van der Waals surface area contributed by atoms with Crippen LogP contribution in [0, 0.1) is 6.92 Å². The third-order valence-corrected chi connectivity index (χ3v) is 3.39. The van der Waals surface area contributed by atoms with Crippen molar-refractivity contribution in [3.8, 4) is 0 Å². The number of benzene rings is 1. The first-order valence-corrected chi connectivity index (χ1v) is 6.10. The average molecular weight is 233 g/mol. The second kappa shape index (κ2) is 5.32. The number of aryl methyl sites for hydroxylation is 1. The summed E-state index contributed by atoms with van der Waals surface area (Å²) in [5.41, 5.74) is 2.25. The van der Waals surface area contributed by atoms with Crippen LogP contribution in [0.1, 0.15) is 29.9 Å². The zero-order valence-electron chi connectivity index (χ0n) is 10.4. The van der Waals surface area contributed by atoms with Crippen LogP contribution in [0.15, 0.2) is 24.3 Å². The molecule has 0 spiro atoms. The van der Waals surface area contributed by atoms with Crippen molar-refractivity contribution >= 4 is 5.97 Å². The van der Waals surface area contributed by atoms with Crippen LogP contribution in [0.25, 0.3) is 0 Å². The quantitative estimate of drug-likeness (QED) is 0.812. The Hall–Kier alpha value is -1.35. The Bertz CT molecular complexity index is 380. The van der Waals surface area contributed by atoms with Crippen LogP contribution in [0.4, 0.5) is 0 Å². The van der Waals surface area contributed by atoms with E-state index in [0.717, 1.165) is 24.9 Å². The van der Waals surface area contributed by atoms with E-state index < -0.39 is 0 Å². The Morgan fingerprint density at radius 2 is 2.12 bits per heavy atom. The minimum absolute atomic E-state index is 0.145. The Morgan fingerprint density at radius 3 is 2.65 bits per heavy atom. The number of hydrogen-bond acceptors (Lipinski definition) is 3. The highest BCUT2D eigenvalue weighted by atomic mass is 16.5. The van der Waals surface area contributed by atoms with E-state index in [9.17, 15) is 4.79 Å². The molecule has 3 nitrogen and oxygen atoms in total. The van der Waals surface area contributed by atoms with Crippen molar-refractivity contribution in [2.24, 2.45) is 0 Å². The molecule has 0 aromatic heterocycles. The molecule has 92 valence electrons. The molecule has 17 heavy (non-hydrogen) atoms. The molecule has 1 saturated heterocycles. The summed E-state index contributed by atoms with van der Waals surface area (Å²) in [7, 11) is 1.46. The van der Waals surface area contributed by atoms with Gasteiger partial charge in [-0.15, -0.1) is 0 Å². The Morgan fingerprint density at radius 1 is 1.41 bits per heavy atom. The van der Waals surface area contributed by atoms with E-state index in [1.165, 1.54) is 12.7 Å². The number of carbonyl (C=O) groups is 1. The summed E-state index contributed by atoms with van der Waals surface area (Å²) in [5.74, 6) is -0.323. The lowest BCUT2D eigenvalue weighted by atomic mass is 9.90. The molecule has 0 bridgehead atoms. The maximum Gasteiger partial charge on any atom is 0.314 e. The zero-order valence-corrected chi connectivity index (χ0v) is 10.4. The van der Waals surface area contributed by atoms with Gasteiger partial charge < -0.3 is 10.1 Å². The van der Waals surface area contributed by atoms with Crippen molar-refractivity contribution in [3.63, 3.8) is 0 Å². The Labute approximate surface area is 102 Å². The van der Waals surface area contributed by atoms with Gasteiger partial charge in [-0.1, -0.05) is 29.8 Å². The Balaban J connectivity index is 2.25. The van der Waals surface area contributed by atoms with E-state index in [2.05, 4.69) is 5.32 Å². The fraction of sp³-hybridized carbons (Fsp3) is 0.500. The predicted octanol–water partition coefficient (Wildman–Crippen LogP) is 2.00. The average Bonchev–Trinajstić information content (AvgIpc) is 2.85. The fourth-order valence-electron chi connectivity index (χ4n) is 2.43. The topological polar surface area (TPSA) is 38.3 Å². The molecule has 0 amide bonds. The van der Waals surface area contributed by atoms with Gasteiger partial charge in [0.05, 0.1) is 13.0 Å². The summed E-state index contributed by atoms with van der Waals surface area (Å²) in [6.07, 6.45) is 2.16. The normalized spacial score (nSPS) is 21.2. The van der Waals surface area contributed by atoms with E-state index in [1.54, 1.807) is 0 Å². The van der Waals surface area contributed by atoms with Crippen LogP contribution < -0.4 is 5.32 Å². The molecule has 1 heterocycles. The summed E-state index contributed by atoms with van der Waals surface area (Å²) in [5, 5.41) is 3.38. The molecule has 0 radical (unpaired) electrons. The monoisotopic (exact) mass is 233 g/mol. The molecule has 1 aliphatic rings. The van der Waals surface area contributed by atoms with Gasteiger partial charge in [-0.05, 0) is 31.9 Å². The fourth-order valence-corrected chi connectivity index (χ4v) is 2.43. The van der Waals surface area contributed by atoms with Crippen molar-refractivity contribution in [1.29, 1.82) is 0 Å². The van der Waals surface area contributed by atoms with E-state index in [1.807, 2.05) is 31.2 Å². The summed E-state index contributed by atoms with van der Waals surface area (Å²) in [6.45, 7) is 3.04. The van der Waals surface area contributed by atoms with E-state index in [-0.39, 0.29) is 17.9 Å². The molecule has 2 rings (SSSR count). The van der Waals surface area contributed by atoms with Gasteiger partial charge in [-0.2, -0.15) is 0 Å². The molecule has 1 aliphatic heterocycles.